The third kappa shape index (κ3) is 3.57. The first-order valence-electron chi connectivity index (χ1n) is 7.66. The number of carbonyl (C=O) groups is 1. The number of aromatic nitrogens is 2. The topological polar surface area (TPSA) is 66.9 Å². The molecule has 2 N–H and O–H groups in total. The molecule has 1 heterocycles. The lowest BCUT2D eigenvalue weighted by Gasteiger charge is -2.10. The number of aryl methyl sites for hydroxylation is 2. The molecule has 0 atom stereocenters. The Labute approximate surface area is 140 Å². The zero-order valence-corrected chi connectivity index (χ0v) is 13.6. The Hall–Kier alpha value is -3.21. The maximum absolute atomic E-state index is 12.4. The molecule has 0 radical (unpaired) electrons. The molecule has 0 saturated carbocycles. The van der Waals surface area contributed by atoms with Crippen molar-refractivity contribution in [1.82, 2.24) is 9.97 Å². The summed E-state index contributed by atoms with van der Waals surface area (Å²) in [5.41, 5.74) is 4.07. The van der Waals surface area contributed by atoms with Gasteiger partial charge in [0, 0.05) is 17.6 Å². The highest BCUT2D eigenvalue weighted by molar-refractivity contribution is 6.03. The minimum atomic E-state index is -0.264. The summed E-state index contributed by atoms with van der Waals surface area (Å²) in [5, 5.41) is 6.01. The van der Waals surface area contributed by atoms with Gasteiger partial charge in [0.1, 0.15) is 5.69 Å². The van der Waals surface area contributed by atoms with Gasteiger partial charge in [0.2, 0.25) is 5.95 Å². The van der Waals surface area contributed by atoms with Gasteiger partial charge in [-0.2, -0.15) is 0 Å². The van der Waals surface area contributed by atoms with Crippen LogP contribution in [0.1, 0.15) is 21.6 Å². The summed E-state index contributed by atoms with van der Waals surface area (Å²) in [6, 6.07) is 17.1. The van der Waals surface area contributed by atoms with Crippen LogP contribution >= 0.6 is 0 Å². The van der Waals surface area contributed by atoms with E-state index in [0.717, 1.165) is 22.5 Å². The van der Waals surface area contributed by atoms with Gasteiger partial charge < -0.3 is 10.6 Å². The molecule has 1 amide bonds. The SMILES string of the molecule is Cc1ccccc1NC(=O)c1ccnc(Nc2ccccc2C)n1. The summed E-state index contributed by atoms with van der Waals surface area (Å²) < 4.78 is 0. The second-order valence-electron chi connectivity index (χ2n) is 5.47. The fraction of sp³-hybridized carbons (Fsp3) is 0.105. The van der Waals surface area contributed by atoms with Crippen molar-refractivity contribution in [3.63, 3.8) is 0 Å². The number of carbonyl (C=O) groups excluding carboxylic acids is 1. The van der Waals surface area contributed by atoms with Crippen molar-refractivity contribution in [2.45, 2.75) is 13.8 Å². The van der Waals surface area contributed by atoms with Crippen LogP contribution in [-0.4, -0.2) is 15.9 Å². The average Bonchev–Trinajstić information content (AvgIpc) is 2.59. The van der Waals surface area contributed by atoms with E-state index < -0.39 is 0 Å². The quantitative estimate of drug-likeness (QED) is 0.760. The first-order chi connectivity index (χ1) is 11.6. The van der Waals surface area contributed by atoms with E-state index in [2.05, 4.69) is 20.6 Å². The van der Waals surface area contributed by atoms with E-state index in [1.165, 1.54) is 0 Å². The van der Waals surface area contributed by atoms with Crippen LogP contribution in [0.5, 0.6) is 0 Å². The number of hydrogen-bond acceptors (Lipinski definition) is 4. The Morgan fingerprint density at radius 1 is 0.875 bits per heavy atom. The molecular formula is C19H18N4O. The molecule has 120 valence electrons. The van der Waals surface area contributed by atoms with Crippen LogP contribution in [-0.2, 0) is 0 Å². The lowest BCUT2D eigenvalue weighted by Crippen LogP contribution is -2.15. The molecule has 0 aliphatic heterocycles. The first kappa shape index (κ1) is 15.7. The maximum Gasteiger partial charge on any atom is 0.274 e. The second kappa shape index (κ2) is 6.91. The highest BCUT2D eigenvalue weighted by Crippen LogP contribution is 2.18. The van der Waals surface area contributed by atoms with E-state index >= 15 is 0 Å². The lowest BCUT2D eigenvalue weighted by atomic mass is 10.2. The Morgan fingerprint density at radius 2 is 1.50 bits per heavy atom. The van der Waals surface area contributed by atoms with Crippen LogP contribution < -0.4 is 10.6 Å². The van der Waals surface area contributed by atoms with Crippen molar-refractivity contribution in [3.05, 3.63) is 77.6 Å². The molecule has 0 unspecified atom stereocenters. The Bertz CT molecular complexity index is 877. The van der Waals surface area contributed by atoms with E-state index in [1.54, 1.807) is 12.3 Å². The van der Waals surface area contributed by atoms with Crippen molar-refractivity contribution in [2.24, 2.45) is 0 Å². The molecule has 2 aromatic carbocycles. The van der Waals surface area contributed by atoms with Gasteiger partial charge in [-0.1, -0.05) is 36.4 Å². The number of para-hydroxylation sites is 2. The highest BCUT2D eigenvalue weighted by atomic mass is 16.1. The van der Waals surface area contributed by atoms with Gasteiger partial charge in [-0.05, 0) is 43.2 Å². The standard InChI is InChI=1S/C19H18N4O/c1-13-7-3-5-9-15(13)21-18(24)17-11-12-20-19(23-17)22-16-10-6-4-8-14(16)2/h3-12H,1-2H3,(H,21,24)(H,20,22,23). The minimum Gasteiger partial charge on any atom is -0.324 e. The molecule has 3 rings (SSSR count). The van der Waals surface area contributed by atoms with E-state index in [-0.39, 0.29) is 5.91 Å². The fourth-order valence-electron chi connectivity index (χ4n) is 2.28. The monoisotopic (exact) mass is 318 g/mol. The predicted octanol–water partition coefficient (Wildman–Crippen LogP) is 4.09. The number of nitrogens with zero attached hydrogens (tertiary/aromatic N) is 2. The van der Waals surface area contributed by atoms with E-state index in [0.29, 0.717) is 11.6 Å². The predicted molar refractivity (Wildman–Crippen MR) is 95.6 cm³/mol. The summed E-state index contributed by atoms with van der Waals surface area (Å²) in [5.74, 6) is 0.126. The number of rotatable bonds is 4. The summed E-state index contributed by atoms with van der Waals surface area (Å²) in [7, 11) is 0. The minimum absolute atomic E-state index is 0.264. The number of benzene rings is 2. The highest BCUT2D eigenvalue weighted by Gasteiger charge is 2.10. The van der Waals surface area contributed by atoms with Gasteiger partial charge >= 0.3 is 0 Å². The number of nitrogens with one attached hydrogen (secondary N) is 2. The zero-order chi connectivity index (χ0) is 16.9. The van der Waals surface area contributed by atoms with E-state index in [1.807, 2.05) is 62.4 Å². The van der Waals surface area contributed by atoms with Crippen LogP contribution in [0.15, 0.2) is 60.8 Å². The van der Waals surface area contributed by atoms with Crippen molar-refractivity contribution in [2.75, 3.05) is 10.6 Å². The Kier molecular flexibility index (Phi) is 4.52. The zero-order valence-electron chi connectivity index (χ0n) is 13.6. The van der Waals surface area contributed by atoms with Crippen molar-refractivity contribution in [3.8, 4) is 0 Å². The van der Waals surface area contributed by atoms with Crippen LogP contribution in [0.2, 0.25) is 0 Å². The van der Waals surface area contributed by atoms with Gasteiger partial charge in [0.25, 0.3) is 5.91 Å². The maximum atomic E-state index is 12.4. The first-order valence-corrected chi connectivity index (χ1v) is 7.66. The van der Waals surface area contributed by atoms with E-state index in [9.17, 15) is 4.79 Å². The summed E-state index contributed by atoms with van der Waals surface area (Å²) in [6.07, 6.45) is 1.57. The van der Waals surface area contributed by atoms with Crippen molar-refractivity contribution < 1.29 is 4.79 Å². The number of amides is 1. The van der Waals surface area contributed by atoms with Crippen LogP contribution in [0, 0.1) is 13.8 Å². The third-order valence-electron chi connectivity index (χ3n) is 3.67. The molecule has 0 saturated heterocycles. The normalized spacial score (nSPS) is 10.2. The largest absolute Gasteiger partial charge is 0.324 e. The van der Waals surface area contributed by atoms with Gasteiger partial charge in [0.15, 0.2) is 0 Å². The average molecular weight is 318 g/mol. The lowest BCUT2D eigenvalue weighted by molar-refractivity contribution is 0.102. The summed E-state index contributed by atoms with van der Waals surface area (Å²) >= 11 is 0. The molecule has 0 fully saturated rings. The van der Waals surface area contributed by atoms with E-state index in [4.69, 9.17) is 0 Å². The Morgan fingerprint density at radius 3 is 2.17 bits per heavy atom. The van der Waals surface area contributed by atoms with Gasteiger partial charge in [-0.15, -0.1) is 0 Å². The molecule has 0 aliphatic carbocycles. The molecule has 1 aromatic heterocycles. The van der Waals surface area contributed by atoms with Crippen LogP contribution in [0.3, 0.4) is 0 Å². The molecule has 5 nitrogen and oxygen atoms in total. The summed E-state index contributed by atoms with van der Waals surface area (Å²) in [4.78, 5) is 20.9. The van der Waals surface area contributed by atoms with Crippen molar-refractivity contribution >= 4 is 23.2 Å². The van der Waals surface area contributed by atoms with Crippen LogP contribution in [0.4, 0.5) is 17.3 Å². The van der Waals surface area contributed by atoms with Crippen LogP contribution in [0.25, 0.3) is 0 Å². The molecule has 5 heteroatoms. The number of hydrogen-bond donors (Lipinski definition) is 2. The Balaban J connectivity index is 1.79. The molecule has 3 aromatic rings. The summed E-state index contributed by atoms with van der Waals surface area (Å²) in [6.45, 7) is 3.94. The fourth-order valence-corrected chi connectivity index (χ4v) is 2.28. The molecule has 0 aliphatic rings. The smallest absolute Gasteiger partial charge is 0.274 e. The third-order valence-corrected chi connectivity index (χ3v) is 3.67. The van der Waals surface area contributed by atoms with Crippen molar-refractivity contribution in [1.29, 1.82) is 0 Å². The van der Waals surface area contributed by atoms with Gasteiger partial charge in [-0.25, -0.2) is 9.97 Å². The molecule has 24 heavy (non-hydrogen) atoms. The molecule has 0 bridgehead atoms. The second-order valence-corrected chi connectivity index (χ2v) is 5.47. The molecule has 0 spiro atoms. The van der Waals surface area contributed by atoms with Gasteiger partial charge in [0.05, 0.1) is 0 Å². The molecular weight excluding hydrogens is 300 g/mol. The number of anilines is 3. The van der Waals surface area contributed by atoms with Gasteiger partial charge in [-0.3, -0.25) is 4.79 Å².